The maximum atomic E-state index is 13.8. The summed E-state index contributed by atoms with van der Waals surface area (Å²) in [6.45, 7) is 3.74. The second kappa shape index (κ2) is 6.66. The molecular formula is C11H16ClFN2O. The van der Waals surface area contributed by atoms with Gasteiger partial charge in [-0.15, -0.1) is 11.6 Å². The maximum absolute atomic E-state index is 13.8. The summed E-state index contributed by atoms with van der Waals surface area (Å²) in [5, 5.41) is 0. The third-order valence-corrected chi connectivity index (χ3v) is 2.52. The van der Waals surface area contributed by atoms with Gasteiger partial charge in [0, 0.05) is 32.0 Å². The SMILES string of the molecule is CCOCCN(C)c1nccc(CCl)c1F. The largest absolute Gasteiger partial charge is 0.380 e. The quantitative estimate of drug-likeness (QED) is 0.570. The lowest BCUT2D eigenvalue weighted by Gasteiger charge is -2.19. The van der Waals surface area contributed by atoms with E-state index in [9.17, 15) is 4.39 Å². The van der Waals surface area contributed by atoms with Gasteiger partial charge in [0.15, 0.2) is 11.6 Å². The van der Waals surface area contributed by atoms with Gasteiger partial charge in [0.1, 0.15) is 0 Å². The number of aromatic nitrogens is 1. The van der Waals surface area contributed by atoms with Gasteiger partial charge in [0.2, 0.25) is 0 Å². The van der Waals surface area contributed by atoms with Gasteiger partial charge >= 0.3 is 0 Å². The van der Waals surface area contributed by atoms with Gasteiger partial charge in [-0.2, -0.15) is 0 Å². The van der Waals surface area contributed by atoms with Crippen molar-refractivity contribution in [1.82, 2.24) is 4.98 Å². The smallest absolute Gasteiger partial charge is 0.170 e. The summed E-state index contributed by atoms with van der Waals surface area (Å²) in [7, 11) is 1.78. The first kappa shape index (κ1) is 13.2. The molecule has 1 rings (SSSR count). The van der Waals surface area contributed by atoms with E-state index in [1.807, 2.05) is 6.92 Å². The Bertz CT molecular complexity index is 336. The number of hydrogen-bond donors (Lipinski definition) is 0. The van der Waals surface area contributed by atoms with Gasteiger partial charge in [-0.05, 0) is 13.0 Å². The van der Waals surface area contributed by atoms with Crippen LogP contribution in [0.15, 0.2) is 12.3 Å². The van der Waals surface area contributed by atoms with Crippen LogP contribution >= 0.6 is 11.6 Å². The Kier molecular flexibility index (Phi) is 5.49. The monoisotopic (exact) mass is 246 g/mol. The van der Waals surface area contributed by atoms with Gasteiger partial charge < -0.3 is 9.64 Å². The summed E-state index contributed by atoms with van der Waals surface area (Å²) in [5.74, 6) is 0.120. The van der Waals surface area contributed by atoms with Crippen LogP contribution in [0.4, 0.5) is 10.2 Å². The molecular weight excluding hydrogens is 231 g/mol. The predicted octanol–water partition coefficient (Wildman–Crippen LogP) is 2.43. The van der Waals surface area contributed by atoms with E-state index in [-0.39, 0.29) is 11.7 Å². The van der Waals surface area contributed by atoms with Crippen LogP contribution in [0.3, 0.4) is 0 Å². The van der Waals surface area contributed by atoms with E-state index in [2.05, 4.69) is 4.98 Å². The van der Waals surface area contributed by atoms with E-state index < -0.39 is 0 Å². The Morgan fingerprint density at radius 3 is 2.94 bits per heavy atom. The second-order valence-corrected chi connectivity index (χ2v) is 3.63. The van der Waals surface area contributed by atoms with E-state index in [1.165, 1.54) is 0 Å². The van der Waals surface area contributed by atoms with Crippen LogP contribution in [0.2, 0.25) is 0 Å². The van der Waals surface area contributed by atoms with Crippen molar-refractivity contribution >= 4 is 17.4 Å². The van der Waals surface area contributed by atoms with E-state index in [0.717, 1.165) is 0 Å². The molecule has 5 heteroatoms. The van der Waals surface area contributed by atoms with Gasteiger partial charge in [0.25, 0.3) is 0 Å². The highest BCUT2D eigenvalue weighted by molar-refractivity contribution is 6.17. The zero-order valence-electron chi connectivity index (χ0n) is 9.54. The maximum Gasteiger partial charge on any atom is 0.170 e. The molecule has 0 fully saturated rings. The lowest BCUT2D eigenvalue weighted by molar-refractivity contribution is 0.154. The number of alkyl halides is 1. The first-order chi connectivity index (χ1) is 7.70. The number of likely N-dealkylation sites (N-methyl/N-ethyl adjacent to an activating group) is 1. The van der Waals surface area contributed by atoms with Crippen LogP contribution in [-0.2, 0) is 10.6 Å². The molecule has 0 spiro atoms. The Labute approximate surface area is 100 Å². The van der Waals surface area contributed by atoms with Crippen molar-refractivity contribution in [1.29, 1.82) is 0 Å². The number of halogens is 2. The average Bonchev–Trinajstić information content (AvgIpc) is 2.29. The van der Waals surface area contributed by atoms with Crippen molar-refractivity contribution in [2.24, 2.45) is 0 Å². The molecule has 1 aromatic heterocycles. The average molecular weight is 247 g/mol. The van der Waals surface area contributed by atoms with Crippen molar-refractivity contribution in [2.45, 2.75) is 12.8 Å². The third kappa shape index (κ3) is 3.32. The molecule has 1 aromatic rings. The molecule has 0 saturated heterocycles. The third-order valence-electron chi connectivity index (χ3n) is 2.23. The van der Waals surface area contributed by atoms with E-state index in [1.54, 1.807) is 24.2 Å². The summed E-state index contributed by atoms with van der Waals surface area (Å²) in [6, 6.07) is 1.59. The van der Waals surface area contributed by atoms with Gasteiger partial charge in [-0.1, -0.05) is 0 Å². The van der Waals surface area contributed by atoms with Crippen LogP contribution in [0, 0.1) is 5.82 Å². The molecule has 90 valence electrons. The van der Waals surface area contributed by atoms with Crippen molar-refractivity contribution in [2.75, 3.05) is 31.7 Å². The summed E-state index contributed by atoms with van der Waals surface area (Å²) < 4.78 is 19.0. The van der Waals surface area contributed by atoms with Crippen molar-refractivity contribution in [3.8, 4) is 0 Å². The number of rotatable bonds is 6. The molecule has 0 N–H and O–H groups in total. The van der Waals surface area contributed by atoms with Crippen LogP contribution in [0.25, 0.3) is 0 Å². The molecule has 0 unspecified atom stereocenters. The van der Waals surface area contributed by atoms with E-state index in [0.29, 0.717) is 31.1 Å². The first-order valence-electron chi connectivity index (χ1n) is 5.19. The number of nitrogens with zero attached hydrogens (tertiary/aromatic N) is 2. The first-order valence-corrected chi connectivity index (χ1v) is 5.72. The minimum absolute atomic E-state index is 0.153. The Morgan fingerprint density at radius 2 is 2.31 bits per heavy atom. The lowest BCUT2D eigenvalue weighted by atomic mass is 10.2. The zero-order valence-corrected chi connectivity index (χ0v) is 10.3. The zero-order chi connectivity index (χ0) is 12.0. The Balaban J connectivity index is 2.71. The number of pyridine rings is 1. The topological polar surface area (TPSA) is 25.4 Å². The van der Waals surface area contributed by atoms with Crippen LogP contribution in [0.5, 0.6) is 0 Å². The highest BCUT2D eigenvalue weighted by atomic mass is 35.5. The summed E-state index contributed by atoms with van der Waals surface area (Å²) in [4.78, 5) is 5.73. The van der Waals surface area contributed by atoms with Crippen molar-refractivity contribution in [3.63, 3.8) is 0 Å². The molecule has 0 aromatic carbocycles. The highest BCUT2D eigenvalue weighted by Gasteiger charge is 2.12. The van der Waals surface area contributed by atoms with Crippen molar-refractivity contribution < 1.29 is 9.13 Å². The molecule has 1 heterocycles. The molecule has 0 aliphatic rings. The van der Waals surface area contributed by atoms with E-state index in [4.69, 9.17) is 16.3 Å². The Hall–Kier alpha value is -0.870. The summed E-state index contributed by atoms with van der Waals surface area (Å²) in [6.07, 6.45) is 1.56. The predicted molar refractivity (Wildman–Crippen MR) is 63.5 cm³/mol. The fraction of sp³-hybridized carbons (Fsp3) is 0.545. The molecule has 0 saturated carbocycles. The summed E-state index contributed by atoms with van der Waals surface area (Å²) in [5.41, 5.74) is 0.468. The fourth-order valence-corrected chi connectivity index (χ4v) is 1.50. The van der Waals surface area contributed by atoms with Gasteiger partial charge in [-0.25, -0.2) is 9.37 Å². The van der Waals surface area contributed by atoms with Crippen LogP contribution in [-0.4, -0.2) is 31.8 Å². The standard InChI is InChI=1S/C11H16ClFN2O/c1-3-16-7-6-15(2)11-10(13)9(8-12)4-5-14-11/h4-5H,3,6-8H2,1-2H3. The van der Waals surface area contributed by atoms with Crippen molar-refractivity contribution in [3.05, 3.63) is 23.6 Å². The minimum Gasteiger partial charge on any atom is -0.380 e. The Morgan fingerprint density at radius 1 is 1.56 bits per heavy atom. The fourth-order valence-electron chi connectivity index (χ4n) is 1.29. The van der Waals surface area contributed by atoms with Gasteiger partial charge in [0.05, 0.1) is 12.5 Å². The normalized spacial score (nSPS) is 10.5. The van der Waals surface area contributed by atoms with Gasteiger partial charge in [-0.3, -0.25) is 0 Å². The second-order valence-electron chi connectivity index (χ2n) is 3.36. The molecule has 0 aliphatic carbocycles. The highest BCUT2D eigenvalue weighted by Crippen LogP contribution is 2.19. The summed E-state index contributed by atoms with van der Waals surface area (Å²) >= 11 is 5.62. The van der Waals surface area contributed by atoms with E-state index >= 15 is 0 Å². The number of hydrogen-bond acceptors (Lipinski definition) is 3. The molecule has 0 atom stereocenters. The number of ether oxygens (including phenoxy) is 1. The molecule has 0 amide bonds. The molecule has 3 nitrogen and oxygen atoms in total. The molecule has 16 heavy (non-hydrogen) atoms. The molecule has 0 aliphatic heterocycles. The molecule has 0 radical (unpaired) electrons. The van der Waals surface area contributed by atoms with Crippen LogP contribution in [0.1, 0.15) is 12.5 Å². The molecule has 0 bridgehead atoms. The lowest BCUT2D eigenvalue weighted by Crippen LogP contribution is -2.24. The number of anilines is 1. The van der Waals surface area contributed by atoms with Crippen LogP contribution < -0.4 is 4.90 Å². The minimum atomic E-state index is -0.350.